The molecular weight excluding hydrogens is 216 g/mol. The van der Waals surface area contributed by atoms with Gasteiger partial charge in [-0.2, -0.15) is 0 Å². The van der Waals surface area contributed by atoms with Gasteiger partial charge in [0.2, 0.25) is 5.91 Å². The Bertz CT molecular complexity index is 409. The van der Waals surface area contributed by atoms with Gasteiger partial charge in [0, 0.05) is 18.5 Å². The fourth-order valence-corrected chi connectivity index (χ4v) is 1.32. The molecule has 6 heteroatoms. The van der Waals surface area contributed by atoms with Crippen molar-refractivity contribution in [3.63, 3.8) is 0 Å². The van der Waals surface area contributed by atoms with Crippen LogP contribution >= 0.6 is 0 Å². The second-order valence-corrected chi connectivity index (χ2v) is 3.56. The quantitative estimate of drug-likeness (QED) is 0.679. The second-order valence-electron chi connectivity index (χ2n) is 3.56. The molecule has 0 fully saturated rings. The minimum absolute atomic E-state index is 0.0531. The van der Waals surface area contributed by atoms with Crippen LogP contribution in [0.3, 0.4) is 0 Å². The lowest BCUT2D eigenvalue weighted by Gasteiger charge is -2.15. The Morgan fingerprint density at radius 1 is 1.50 bits per heavy atom. The SMILES string of the molecule is CC(CC(N)=O)Nc1cc(F)cc(F)c1N. The molecule has 0 aromatic heterocycles. The summed E-state index contributed by atoms with van der Waals surface area (Å²) in [4.78, 5) is 10.6. The zero-order valence-electron chi connectivity index (χ0n) is 8.76. The Morgan fingerprint density at radius 3 is 2.69 bits per heavy atom. The van der Waals surface area contributed by atoms with E-state index in [1.54, 1.807) is 6.92 Å². The number of nitrogens with two attached hydrogens (primary N) is 2. The van der Waals surface area contributed by atoms with Crippen LogP contribution in [0.1, 0.15) is 13.3 Å². The lowest BCUT2D eigenvalue weighted by molar-refractivity contribution is -0.118. The fraction of sp³-hybridized carbons (Fsp3) is 0.300. The Hall–Kier alpha value is -1.85. The van der Waals surface area contributed by atoms with Crippen molar-refractivity contribution in [3.8, 4) is 0 Å². The van der Waals surface area contributed by atoms with Crippen molar-refractivity contribution in [1.29, 1.82) is 0 Å². The maximum atomic E-state index is 13.1. The van der Waals surface area contributed by atoms with E-state index in [0.717, 1.165) is 6.07 Å². The molecule has 0 aliphatic rings. The molecule has 0 saturated heterocycles. The number of hydrogen-bond donors (Lipinski definition) is 3. The minimum Gasteiger partial charge on any atom is -0.395 e. The van der Waals surface area contributed by atoms with Gasteiger partial charge >= 0.3 is 0 Å². The molecule has 0 bridgehead atoms. The molecule has 5 N–H and O–H groups in total. The van der Waals surface area contributed by atoms with Crippen molar-refractivity contribution >= 4 is 17.3 Å². The predicted molar refractivity (Wildman–Crippen MR) is 57.7 cm³/mol. The standard InChI is InChI=1S/C10H13F2N3O/c1-5(2-9(13)16)15-8-4-6(11)3-7(12)10(8)14/h3-5,15H,2,14H2,1H3,(H2,13,16). The summed E-state index contributed by atoms with van der Waals surface area (Å²) in [7, 11) is 0. The summed E-state index contributed by atoms with van der Waals surface area (Å²) in [6.45, 7) is 1.66. The molecule has 1 rings (SSSR count). The molecule has 0 aliphatic carbocycles. The number of hydrogen-bond acceptors (Lipinski definition) is 3. The van der Waals surface area contributed by atoms with E-state index in [1.807, 2.05) is 0 Å². The molecule has 1 atom stereocenters. The molecule has 88 valence electrons. The highest BCUT2D eigenvalue weighted by Crippen LogP contribution is 2.24. The van der Waals surface area contributed by atoms with Crippen molar-refractivity contribution in [2.75, 3.05) is 11.1 Å². The molecule has 0 saturated carbocycles. The van der Waals surface area contributed by atoms with Crippen molar-refractivity contribution in [2.24, 2.45) is 5.73 Å². The average molecular weight is 229 g/mol. The van der Waals surface area contributed by atoms with Crippen LogP contribution in [0.25, 0.3) is 0 Å². The van der Waals surface area contributed by atoms with Crippen LogP contribution in [0.15, 0.2) is 12.1 Å². The molecule has 0 radical (unpaired) electrons. The fourth-order valence-electron chi connectivity index (χ4n) is 1.32. The van der Waals surface area contributed by atoms with Crippen LogP contribution in [-0.2, 0) is 4.79 Å². The summed E-state index contributed by atoms with van der Waals surface area (Å²) in [5.74, 6) is -2.08. The number of amides is 1. The Labute approximate surface area is 91.6 Å². The van der Waals surface area contributed by atoms with E-state index in [9.17, 15) is 13.6 Å². The zero-order chi connectivity index (χ0) is 12.3. The molecular formula is C10H13F2N3O. The molecule has 0 aliphatic heterocycles. The highest BCUT2D eigenvalue weighted by molar-refractivity contribution is 5.75. The van der Waals surface area contributed by atoms with E-state index < -0.39 is 17.5 Å². The van der Waals surface area contributed by atoms with Gasteiger partial charge in [-0.25, -0.2) is 8.78 Å². The minimum atomic E-state index is -0.839. The van der Waals surface area contributed by atoms with Gasteiger partial charge in [-0.1, -0.05) is 0 Å². The highest BCUT2D eigenvalue weighted by atomic mass is 19.1. The molecule has 1 aromatic rings. The number of rotatable bonds is 4. The third-order valence-corrected chi connectivity index (χ3v) is 2.00. The summed E-state index contributed by atoms with van der Waals surface area (Å²) >= 11 is 0. The molecule has 0 spiro atoms. The first kappa shape index (κ1) is 12.2. The van der Waals surface area contributed by atoms with Crippen molar-refractivity contribution < 1.29 is 13.6 Å². The maximum absolute atomic E-state index is 13.1. The van der Waals surface area contributed by atoms with E-state index in [1.165, 1.54) is 0 Å². The van der Waals surface area contributed by atoms with Crippen LogP contribution in [-0.4, -0.2) is 11.9 Å². The van der Waals surface area contributed by atoms with Gasteiger partial charge in [0.05, 0.1) is 11.4 Å². The van der Waals surface area contributed by atoms with E-state index >= 15 is 0 Å². The van der Waals surface area contributed by atoms with E-state index in [0.29, 0.717) is 6.07 Å². The monoisotopic (exact) mass is 229 g/mol. The largest absolute Gasteiger partial charge is 0.395 e. The van der Waals surface area contributed by atoms with Gasteiger partial charge < -0.3 is 16.8 Å². The average Bonchev–Trinajstić information content (AvgIpc) is 2.11. The molecule has 16 heavy (non-hydrogen) atoms. The first-order valence-electron chi connectivity index (χ1n) is 4.69. The van der Waals surface area contributed by atoms with E-state index in [4.69, 9.17) is 11.5 Å². The lowest BCUT2D eigenvalue weighted by atomic mass is 10.2. The number of benzene rings is 1. The number of carbonyl (C=O) groups excluding carboxylic acids is 1. The van der Waals surface area contributed by atoms with Gasteiger partial charge in [-0.05, 0) is 13.0 Å². The Morgan fingerprint density at radius 2 is 2.12 bits per heavy atom. The van der Waals surface area contributed by atoms with Crippen molar-refractivity contribution in [1.82, 2.24) is 0 Å². The smallest absolute Gasteiger partial charge is 0.219 e. The third kappa shape index (κ3) is 3.08. The molecule has 4 nitrogen and oxygen atoms in total. The van der Waals surface area contributed by atoms with Gasteiger partial charge in [-0.3, -0.25) is 4.79 Å². The second kappa shape index (κ2) is 4.78. The Kier molecular flexibility index (Phi) is 3.65. The van der Waals surface area contributed by atoms with Crippen LogP contribution in [0.2, 0.25) is 0 Å². The summed E-state index contributed by atoms with van der Waals surface area (Å²) in [6, 6.07) is 1.41. The summed E-state index contributed by atoms with van der Waals surface area (Å²) in [6.07, 6.45) is 0.0531. The van der Waals surface area contributed by atoms with Crippen molar-refractivity contribution in [2.45, 2.75) is 19.4 Å². The molecule has 1 unspecified atom stereocenters. The van der Waals surface area contributed by atoms with Crippen LogP contribution in [0.4, 0.5) is 20.2 Å². The van der Waals surface area contributed by atoms with Gasteiger partial charge in [-0.15, -0.1) is 0 Å². The van der Waals surface area contributed by atoms with Crippen molar-refractivity contribution in [3.05, 3.63) is 23.8 Å². The normalized spacial score (nSPS) is 12.2. The predicted octanol–water partition coefficient (Wildman–Crippen LogP) is 1.22. The van der Waals surface area contributed by atoms with Crippen LogP contribution < -0.4 is 16.8 Å². The number of primary amides is 1. The summed E-state index contributed by atoms with van der Waals surface area (Å²) in [5.41, 5.74) is 10.3. The first-order chi connectivity index (χ1) is 7.40. The topological polar surface area (TPSA) is 81.1 Å². The molecule has 1 amide bonds. The van der Waals surface area contributed by atoms with Crippen LogP contribution in [0.5, 0.6) is 0 Å². The maximum Gasteiger partial charge on any atom is 0.219 e. The summed E-state index contributed by atoms with van der Waals surface area (Å²) in [5, 5.41) is 2.72. The number of nitrogens with one attached hydrogen (secondary N) is 1. The van der Waals surface area contributed by atoms with E-state index in [-0.39, 0.29) is 23.8 Å². The van der Waals surface area contributed by atoms with E-state index in [2.05, 4.69) is 5.32 Å². The van der Waals surface area contributed by atoms with Crippen LogP contribution in [0, 0.1) is 11.6 Å². The number of nitrogen functional groups attached to an aromatic ring is 1. The lowest BCUT2D eigenvalue weighted by Crippen LogP contribution is -2.24. The van der Waals surface area contributed by atoms with Gasteiger partial charge in [0.1, 0.15) is 5.82 Å². The first-order valence-corrected chi connectivity index (χ1v) is 4.69. The summed E-state index contributed by atoms with van der Waals surface area (Å²) < 4.78 is 26.0. The number of anilines is 2. The third-order valence-electron chi connectivity index (χ3n) is 2.00. The Balaban J connectivity index is 2.84. The highest BCUT2D eigenvalue weighted by Gasteiger charge is 2.11. The molecule has 0 heterocycles. The number of carbonyl (C=O) groups is 1. The zero-order valence-corrected chi connectivity index (χ0v) is 8.76. The molecule has 1 aromatic carbocycles. The number of halogens is 2. The van der Waals surface area contributed by atoms with Gasteiger partial charge in [0.25, 0.3) is 0 Å². The van der Waals surface area contributed by atoms with Gasteiger partial charge in [0.15, 0.2) is 5.82 Å².